The van der Waals surface area contributed by atoms with Gasteiger partial charge >= 0.3 is 5.97 Å². The third-order valence-corrected chi connectivity index (χ3v) is 5.06. The van der Waals surface area contributed by atoms with Crippen molar-refractivity contribution in [2.75, 3.05) is 11.6 Å². The van der Waals surface area contributed by atoms with E-state index in [1.54, 1.807) is 12.3 Å². The lowest BCUT2D eigenvalue weighted by Crippen LogP contribution is -2.35. The first kappa shape index (κ1) is 15.9. The van der Waals surface area contributed by atoms with Gasteiger partial charge in [-0.1, -0.05) is 18.2 Å². The van der Waals surface area contributed by atoms with Gasteiger partial charge in [0.15, 0.2) is 0 Å². The highest BCUT2D eigenvalue weighted by Crippen LogP contribution is 2.33. The summed E-state index contributed by atoms with van der Waals surface area (Å²) >= 11 is 1.84. The lowest BCUT2D eigenvalue weighted by Gasteiger charge is -2.33. The highest BCUT2D eigenvalue weighted by atomic mass is 32.2. The Hall–Kier alpha value is -2.01. The van der Waals surface area contributed by atoms with E-state index in [-0.39, 0.29) is 12.1 Å². The van der Waals surface area contributed by atoms with Crippen LogP contribution in [-0.2, 0) is 11.3 Å². The molecule has 3 rings (SSSR count). The standard InChI is InChI=1S/C18H20N2O2S/c1-23-15-9-14(10-15)22-18(21)16-6-2-3-7-17(16)20-12-13-5-4-8-19-11-13/h2-8,11,14-15,20H,9-10,12H2,1H3. The van der Waals surface area contributed by atoms with Gasteiger partial charge in [-0.15, -0.1) is 0 Å². The zero-order chi connectivity index (χ0) is 16.1. The second-order valence-corrected chi connectivity index (χ2v) is 6.75. The highest BCUT2D eigenvalue weighted by molar-refractivity contribution is 7.99. The Morgan fingerprint density at radius 3 is 2.87 bits per heavy atom. The van der Waals surface area contributed by atoms with Crippen LogP contribution >= 0.6 is 11.8 Å². The van der Waals surface area contributed by atoms with Crippen LogP contribution in [0.25, 0.3) is 0 Å². The third kappa shape index (κ3) is 4.05. The quantitative estimate of drug-likeness (QED) is 0.819. The van der Waals surface area contributed by atoms with Crippen molar-refractivity contribution in [1.29, 1.82) is 0 Å². The van der Waals surface area contributed by atoms with Crippen LogP contribution < -0.4 is 5.32 Å². The van der Waals surface area contributed by atoms with Gasteiger partial charge in [-0.05, 0) is 42.9 Å². The fraction of sp³-hybridized carbons (Fsp3) is 0.333. The molecule has 23 heavy (non-hydrogen) atoms. The second-order valence-electron chi connectivity index (χ2n) is 5.62. The van der Waals surface area contributed by atoms with Gasteiger partial charge in [0.25, 0.3) is 0 Å². The predicted molar refractivity (Wildman–Crippen MR) is 93.7 cm³/mol. The number of hydrogen-bond acceptors (Lipinski definition) is 5. The summed E-state index contributed by atoms with van der Waals surface area (Å²) in [5.74, 6) is -0.246. The molecule has 0 amide bonds. The molecule has 0 saturated heterocycles. The van der Waals surface area contributed by atoms with Crippen molar-refractivity contribution < 1.29 is 9.53 Å². The average molecular weight is 328 g/mol. The molecule has 1 aliphatic rings. The monoisotopic (exact) mass is 328 g/mol. The molecule has 1 aromatic carbocycles. The van der Waals surface area contributed by atoms with Crippen LogP contribution in [0.3, 0.4) is 0 Å². The lowest BCUT2D eigenvalue weighted by atomic mass is 9.95. The molecule has 1 heterocycles. The first-order chi connectivity index (χ1) is 11.3. The van der Waals surface area contributed by atoms with Crippen molar-refractivity contribution in [2.45, 2.75) is 30.7 Å². The Labute approximate surface area is 140 Å². The summed E-state index contributed by atoms with van der Waals surface area (Å²) < 4.78 is 5.59. The maximum atomic E-state index is 12.4. The molecule has 0 aliphatic heterocycles. The van der Waals surface area contributed by atoms with Crippen LogP contribution in [0.5, 0.6) is 0 Å². The number of hydrogen-bond donors (Lipinski definition) is 1. The normalized spacial score (nSPS) is 19.7. The number of carbonyl (C=O) groups excluding carboxylic acids is 1. The largest absolute Gasteiger partial charge is 0.459 e. The van der Waals surface area contributed by atoms with E-state index < -0.39 is 0 Å². The summed E-state index contributed by atoms with van der Waals surface area (Å²) in [6, 6.07) is 11.4. The highest BCUT2D eigenvalue weighted by Gasteiger charge is 2.32. The molecule has 0 unspecified atom stereocenters. The van der Waals surface area contributed by atoms with Gasteiger partial charge in [0.2, 0.25) is 0 Å². The molecule has 5 heteroatoms. The van der Waals surface area contributed by atoms with Gasteiger partial charge in [-0.25, -0.2) is 4.79 Å². The summed E-state index contributed by atoms with van der Waals surface area (Å²) in [6.07, 6.45) is 7.63. The van der Waals surface area contributed by atoms with Crippen molar-refractivity contribution in [3.05, 3.63) is 59.9 Å². The Morgan fingerprint density at radius 1 is 1.30 bits per heavy atom. The summed E-state index contributed by atoms with van der Waals surface area (Å²) in [5, 5.41) is 3.93. The van der Waals surface area contributed by atoms with E-state index in [0.29, 0.717) is 17.4 Å². The molecule has 0 radical (unpaired) electrons. The number of ether oxygens (including phenoxy) is 1. The van der Waals surface area contributed by atoms with Crippen LogP contribution in [0, 0.1) is 0 Å². The van der Waals surface area contributed by atoms with Crippen molar-refractivity contribution in [2.24, 2.45) is 0 Å². The Kier molecular flexibility index (Phi) is 5.18. The van der Waals surface area contributed by atoms with Gasteiger partial charge in [-0.2, -0.15) is 11.8 Å². The number of nitrogens with one attached hydrogen (secondary N) is 1. The minimum atomic E-state index is -0.246. The topological polar surface area (TPSA) is 51.2 Å². The molecule has 120 valence electrons. The first-order valence-corrected chi connectivity index (χ1v) is 9.00. The van der Waals surface area contributed by atoms with Crippen molar-refractivity contribution in [3.63, 3.8) is 0 Å². The molecule has 2 aromatic rings. The molecule has 1 aliphatic carbocycles. The molecule has 1 N–H and O–H groups in total. The molecule has 0 spiro atoms. The molecular weight excluding hydrogens is 308 g/mol. The fourth-order valence-electron chi connectivity index (χ4n) is 2.54. The summed E-state index contributed by atoms with van der Waals surface area (Å²) in [7, 11) is 0. The van der Waals surface area contributed by atoms with E-state index in [9.17, 15) is 4.79 Å². The first-order valence-electron chi connectivity index (χ1n) is 7.72. The maximum absolute atomic E-state index is 12.4. The third-order valence-electron chi connectivity index (χ3n) is 4.01. The van der Waals surface area contributed by atoms with E-state index in [0.717, 1.165) is 24.1 Å². The van der Waals surface area contributed by atoms with E-state index in [1.165, 1.54) is 0 Å². The van der Waals surface area contributed by atoms with Gasteiger partial charge in [0.1, 0.15) is 6.10 Å². The van der Waals surface area contributed by atoms with Gasteiger partial charge in [0.05, 0.1) is 5.56 Å². The molecule has 0 bridgehead atoms. The van der Waals surface area contributed by atoms with E-state index >= 15 is 0 Å². The molecular formula is C18H20N2O2S. The predicted octanol–water partition coefficient (Wildman–Crippen LogP) is 3.74. The van der Waals surface area contributed by atoms with Crippen molar-refractivity contribution >= 4 is 23.4 Å². The molecule has 1 fully saturated rings. The molecule has 1 aromatic heterocycles. The van der Waals surface area contributed by atoms with Crippen LogP contribution in [0.2, 0.25) is 0 Å². The fourth-order valence-corrected chi connectivity index (χ4v) is 3.35. The van der Waals surface area contributed by atoms with Crippen LogP contribution in [-0.4, -0.2) is 28.6 Å². The Bertz CT molecular complexity index is 657. The summed E-state index contributed by atoms with van der Waals surface area (Å²) in [4.78, 5) is 16.5. The van der Waals surface area contributed by atoms with Crippen molar-refractivity contribution in [1.82, 2.24) is 4.98 Å². The summed E-state index contributed by atoms with van der Waals surface area (Å²) in [6.45, 7) is 0.621. The minimum absolute atomic E-state index is 0.0614. The smallest absolute Gasteiger partial charge is 0.340 e. The number of para-hydroxylation sites is 1. The Morgan fingerprint density at radius 2 is 2.13 bits per heavy atom. The number of pyridine rings is 1. The molecule has 4 nitrogen and oxygen atoms in total. The number of nitrogens with zero attached hydrogens (tertiary/aromatic N) is 1. The summed E-state index contributed by atoms with van der Waals surface area (Å²) in [5.41, 5.74) is 2.45. The number of rotatable bonds is 6. The number of anilines is 1. The van der Waals surface area contributed by atoms with E-state index in [2.05, 4.69) is 16.6 Å². The van der Waals surface area contributed by atoms with Gasteiger partial charge in [0, 0.05) is 29.9 Å². The number of thioether (sulfide) groups is 1. The van der Waals surface area contributed by atoms with Crippen LogP contribution in [0.1, 0.15) is 28.8 Å². The van der Waals surface area contributed by atoms with E-state index in [4.69, 9.17) is 4.74 Å². The Balaban J connectivity index is 1.62. The number of esters is 1. The zero-order valence-electron chi connectivity index (χ0n) is 13.1. The number of carbonyl (C=O) groups is 1. The second kappa shape index (κ2) is 7.51. The SMILES string of the molecule is CSC1CC(OC(=O)c2ccccc2NCc2cccnc2)C1. The average Bonchev–Trinajstić information content (AvgIpc) is 2.57. The number of aromatic nitrogens is 1. The zero-order valence-corrected chi connectivity index (χ0v) is 13.9. The lowest BCUT2D eigenvalue weighted by molar-refractivity contribution is 0.0111. The van der Waals surface area contributed by atoms with E-state index in [1.807, 2.05) is 48.3 Å². The van der Waals surface area contributed by atoms with Crippen molar-refractivity contribution in [3.8, 4) is 0 Å². The molecule has 1 saturated carbocycles. The minimum Gasteiger partial charge on any atom is -0.459 e. The number of benzene rings is 1. The molecule has 0 atom stereocenters. The maximum Gasteiger partial charge on any atom is 0.340 e. The van der Waals surface area contributed by atoms with Gasteiger partial charge in [-0.3, -0.25) is 4.98 Å². The van der Waals surface area contributed by atoms with Crippen LogP contribution in [0.15, 0.2) is 48.8 Å². The van der Waals surface area contributed by atoms with Gasteiger partial charge < -0.3 is 10.1 Å². The van der Waals surface area contributed by atoms with Crippen LogP contribution in [0.4, 0.5) is 5.69 Å².